The molecule has 0 saturated heterocycles. The van der Waals surface area contributed by atoms with Crippen LogP contribution in [-0.2, 0) is 17.8 Å². The molecule has 0 aliphatic carbocycles. The lowest BCUT2D eigenvalue weighted by molar-refractivity contribution is -0.129. The summed E-state index contributed by atoms with van der Waals surface area (Å²) >= 11 is 0. The van der Waals surface area contributed by atoms with Crippen LogP contribution in [0.5, 0.6) is 5.75 Å². The van der Waals surface area contributed by atoms with Crippen molar-refractivity contribution in [1.29, 1.82) is 0 Å². The van der Waals surface area contributed by atoms with Crippen molar-refractivity contribution in [1.82, 2.24) is 9.88 Å². The molecule has 2 aromatic rings. The van der Waals surface area contributed by atoms with Gasteiger partial charge in [0.2, 0.25) is 5.91 Å². The van der Waals surface area contributed by atoms with Crippen LogP contribution >= 0.6 is 0 Å². The quantitative estimate of drug-likeness (QED) is 0.927. The molecule has 0 atom stereocenters. The Labute approximate surface area is 118 Å². The number of phenols is 1. The van der Waals surface area contributed by atoms with Gasteiger partial charge in [0.25, 0.3) is 0 Å². The number of para-hydroxylation sites is 1. The Bertz CT molecular complexity index is 611. The monoisotopic (exact) mass is 270 g/mol. The van der Waals surface area contributed by atoms with Gasteiger partial charge >= 0.3 is 0 Å². The number of aromatic nitrogens is 1. The van der Waals surface area contributed by atoms with E-state index >= 15 is 0 Å². The number of carbonyl (C=O) groups excluding carboxylic acids is 1. The molecule has 1 amide bonds. The first kappa shape index (κ1) is 14.1. The van der Waals surface area contributed by atoms with Crippen molar-refractivity contribution in [2.75, 3.05) is 7.05 Å². The zero-order valence-corrected chi connectivity index (χ0v) is 11.7. The van der Waals surface area contributed by atoms with E-state index < -0.39 is 0 Å². The summed E-state index contributed by atoms with van der Waals surface area (Å²) in [7, 11) is 1.74. The van der Waals surface area contributed by atoms with E-state index in [-0.39, 0.29) is 18.1 Å². The van der Waals surface area contributed by atoms with Crippen molar-refractivity contribution in [2.45, 2.75) is 19.9 Å². The lowest BCUT2D eigenvalue weighted by Gasteiger charge is -2.17. The Balaban J connectivity index is 2.01. The van der Waals surface area contributed by atoms with Crippen molar-refractivity contribution >= 4 is 5.91 Å². The van der Waals surface area contributed by atoms with E-state index in [4.69, 9.17) is 0 Å². The second kappa shape index (κ2) is 6.19. The van der Waals surface area contributed by atoms with Gasteiger partial charge in [-0.25, -0.2) is 0 Å². The van der Waals surface area contributed by atoms with Crippen LogP contribution in [0.15, 0.2) is 42.5 Å². The van der Waals surface area contributed by atoms with Crippen LogP contribution < -0.4 is 0 Å². The zero-order valence-electron chi connectivity index (χ0n) is 11.7. The Morgan fingerprint density at radius 2 is 1.95 bits per heavy atom. The summed E-state index contributed by atoms with van der Waals surface area (Å²) in [4.78, 5) is 18.1. The van der Waals surface area contributed by atoms with Gasteiger partial charge in [-0.1, -0.05) is 24.3 Å². The van der Waals surface area contributed by atoms with Gasteiger partial charge in [-0.2, -0.15) is 0 Å². The van der Waals surface area contributed by atoms with Crippen molar-refractivity contribution in [3.05, 3.63) is 59.4 Å². The maximum absolute atomic E-state index is 12.1. The molecule has 0 aliphatic heterocycles. The van der Waals surface area contributed by atoms with Crippen LogP contribution in [0.2, 0.25) is 0 Å². The number of aryl methyl sites for hydroxylation is 1. The molecule has 0 radical (unpaired) electrons. The second-order valence-electron chi connectivity index (χ2n) is 4.83. The van der Waals surface area contributed by atoms with Crippen molar-refractivity contribution < 1.29 is 9.90 Å². The molecule has 4 nitrogen and oxygen atoms in total. The summed E-state index contributed by atoms with van der Waals surface area (Å²) in [5, 5.41) is 9.68. The minimum absolute atomic E-state index is 0.0465. The molecule has 4 heteroatoms. The van der Waals surface area contributed by atoms with Gasteiger partial charge in [-0.3, -0.25) is 9.78 Å². The van der Waals surface area contributed by atoms with Gasteiger partial charge < -0.3 is 10.0 Å². The third-order valence-electron chi connectivity index (χ3n) is 3.10. The van der Waals surface area contributed by atoms with E-state index in [1.807, 2.05) is 31.2 Å². The van der Waals surface area contributed by atoms with Crippen LogP contribution in [0.1, 0.15) is 17.0 Å². The minimum Gasteiger partial charge on any atom is -0.508 e. The second-order valence-corrected chi connectivity index (χ2v) is 4.83. The molecule has 104 valence electrons. The smallest absolute Gasteiger partial charge is 0.227 e. The van der Waals surface area contributed by atoms with Gasteiger partial charge in [0.05, 0.1) is 18.7 Å². The minimum atomic E-state index is -0.0465. The molecule has 1 N–H and O–H groups in total. The van der Waals surface area contributed by atoms with Gasteiger partial charge in [-0.05, 0) is 25.1 Å². The van der Waals surface area contributed by atoms with Gasteiger partial charge in [-0.15, -0.1) is 0 Å². The average Bonchev–Trinajstić information content (AvgIpc) is 2.41. The molecule has 0 saturated carbocycles. The predicted molar refractivity (Wildman–Crippen MR) is 77.3 cm³/mol. The number of phenolic OH excluding ortho intramolecular Hbond substituents is 1. The average molecular weight is 270 g/mol. The largest absolute Gasteiger partial charge is 0.508 e. The Morgan fingerprint density at radius 3 is 2.65 bits per heavy atom. The van der Waals surface area contributed by atoms with Crippen LogP contribution in [0.4, 0.5) is 0 Å². The summed E-state index contributed by atoms with van der Waals surface area (Å²) in [5.41, 5.74) is 2.43. The highest BCUT2D eigenvalue weighted by Crippen LogP contribution is 2.17. The Morgan fingerprint density at radius 1 is 1.20 bits per heavy atom. The van der Waals surface area contributed by atoms with E-state index in [2.05, 4.69) is 4.98 Å². The van der Waals surface area contributed by atoms with Crippen LogP contribution in [0.3, 0.4) is 0 Å². The van der Waals surface area contributed by atoms with Crippen LogP contribution in [0.25, 0.3) is 0 Å². The summed E-state index contributed by atoms with van der Waals surface area (Å²) in [6.45, 7) is 2.39. The molecule has 0 unspecified atom stereocenters. The van der Waals surface area contributed by atoms with E-state index in [0.717, 1.165) is 11.4 Å². The summed E-state index contributed by atoms with van der Waals surface area (Å²) in [6.07, 6.45) is 0.189. The van der Waals surface area contributed by atoms with E-state index in [0.29, 0.717) is 12.1 Å². The maximum Gasteiger partial charge on any atom is 0.227 e. The maximum atomic E-state index is 12.1. The number of amides is 1. The topological polar surface area (TPSA) is 53.4 Å². The summed E-state index contributed by atoms with van der Waals surface area (Å²) < 4.78 is 0. The third kappa shape index (κ3) is 3.57. The van der Waals surface area contributed by atoms with Crippen molar-refractivity contribution in [3.8, 4) is 5.75 Å². The van der Waals surface area contributed by atoms with Gasteiger partial charge in [0.15, 0.2) is 0 Å². The van der Waals surface area contributed by atoms with Crippen LogP contribution in [0, 0.1) is 6.92 Å². The molecule has 0 aliphatic rings. The number of hydrogen-bond donors (Lipinski definition) is 1. The summed E-state index contributed by atoms with van der Waals surface area (Å²) in [6, 6.07) is 12.6. The SMILES string of the molecule is Cc1cccc(CN(C)C(=O)Cc2ccccc2O)n1. The third-order valence-corrected chi connectivity index (χ3v) is 3.10. The lowest BCUT2D eigenvalue weighted by atomic mass is 10.1. The van der Waals surface area contributed by atoms with Crippen LogP contribution in [-0.4, -0.2) is 27.9 Å². The molecular formula is C16H18N2O2. The van der Waals surface area contributed by atoms with E-state index in [9.17, 15) is 9.90 Å². The standard InChI is InChI=1S/C16H18N2O2/c1-12-6-5-8-14(17-12)11-18(2)16(20)10-13-7-3-4-9-15(13)19/h3-9,19H,10-11H2,1-2H3. The first-order chi connectivity index (χ1) is 9.56. The number of rotatable bonds is 4. The van der Waals surface area contributed by atoms with Crippen molar-refractivity contribution in [2.24, 2.45) is 0 Å². The molecule has 20 heavy (non-hydrogen) atoms. The highest BCUT2D eigenvalue weighted by Gasteiger charge is 2.12. The first-order valence-corrected chi connectivity index (χ1v) is 6.49. The predicted octanol–water partition coefficient (Wildman–Crippen LogP) is 2.30. The fourth-order valence-corrected chi connectivity index (χ4v) is 1.98. The number of pyridine rings is 1. The lowest BCUT2D eigenvalue weighted by Crippen LogP contribution is -2.28. The highest BCUT2D eigenvalue weighted by atomic mass is 16.3. The molecule has 2 rings (SSSR count). The van der Waals surface area contributed by atoms with Gasteiger partial charge in [0.1, 0.15) is 5.75 Å². The number of benzene rings is 1. The number of carbonyl (C=O) groups is 1. The molecule has 1 aromatic carbocycles. The molecule has 0 bridgehead atoms. The van der Waals surface area contributed by atoms with Gasteiger partial charge in [0, 0.05) is 18.3 Å². The zero-order chi connectivity index (χ0) is 14.5. The van der Waals surface area contributed by atoms with E-state index in [1.54, 1.807) is 30.1 Å². The normalized spacial score (nSPS) is 10.3. The molecule has 0 spiro atoms. The molecule has 1 aromatic heterocycles. The fraction of sp³-hybridized carbons (Fsp3) is 0.250. The number of aromatic hydroxyl groups is 1. The highest BCUT2D eigenvalue weighted by molar-refractivity contribution is 5.79. The fourth-order valence-electron chi connectivity index (χ4n) is 1.98. The Kier molecular flexibility index (Phi) is 4.35. The number of hydrogen-bond acceptors (Lipinski definition) is 3. The Hall–Kier alpha value is -2.36. The first-order valence-electron chi connectivity index (χ1n) is 6.49. The number of nitrogens with zero attached hydrogens (tertiary/aromatic N) is 2. The van der Waals surface area contributed by atoms with Crippen molar-refractivity contribution in [3.63, 3.8) is 0 Å². The molecule has 1 heterocycles. The molecule has 0 fully saturated rings. The van der Waals surface area contributed by atoms with E-state index in [1.165, 1.54) is 0 Å². The summed E-state index contributed by atoms with van der Waals surface area (Å²) in [5.74, 6) is 0.109. The number of likely N-dealkylation sites (N-methyl/N-ethyl adjacent to an activating group) is 1. The molecular weight excluding hydrogens is 252 g/mol.